The summed E-state index contributed by atoms with van der Waals surface area (Å²) in [5.41, 5.74) is 0.384. The van der Waals surface area contributed by atoms with Crippen LogP contribution in [-0.2, 0) is 4.74 Å². The number of carbonyl (C=O) groups excluding carboxylic acids is 3. The molecule has 1 aliphatic rings. The van der Waals surface area contributed by atoms with E-state index in [0.29, 0.717) is 0 Å². The highest BCUT2D eigenvalue weighted by Crippen LogP contribution is 2.29. The Kier molecular flexibility index (Phi) is 2.97. The Morgan fingerprint density at radius 3 is 2.59 bits per heavy atom. The van der Waals surface area contributed by atoms with Crippen LogP contribution in [-0.4, -0.2) is 29.1 Å². The highest BCUT2D eigenvalue weighted by atomic mass is 79.9. The first kappa shape index (κ1) is 11.8. The van der Waals surface area contributed by atoms with Crippen molar-refractivity contribution in [3.63, 3.8) is 0 Å². The lowest BCUT2D eigenvalue weighted by atomic mass is 10.0. The predicted octanol–water partition coefficient (Wildman–Crippen LogP) is 1.89. The smallest absolute Gasteiger partial charge is 0.355 e. The molecule has 1 heterocycles. The molecule has 1 aromatic rings. The Labute approximate surface area is 105 Å². The van der Waals surface area contributed by atoms with Crippen LogP contribution in [0.1, 0.15) is 38.3 Å². The molecule has 0 unspecified atom stereocenters. The van der Waals surface area contributed by atoms with E-state index < -0.39 is 5.97 Å². The van der Waals surface area contributed by atoms with Gasteiger partial charge < -0.3 is 9.72 Å². The molecule has 0 radical (unpaired) electrons. The molecule has 0 saturated carbocycles. The van der Waals surface area contributed by atoms with Crippen LogP contribution in [0, 0.1) is 0 Å². The maximum atomic E-state index is 11.6. The third-order valence-electron chi connectivity index (χ3n) is 2.30. The number of esters is 1. The molecular weight excluding hydrogens is 290 g/mol. The number of allylic oxidation sites excluding steroid dienone is 2. The zero-order valence-corrected chi connectivity index (χ0v) is 10.5. The van der Waals surface area contributed by atoms with E-state index >= 15 is 0 Å². The van der Waals surface area contributed by atoms with Crippen LogP contribution in [0.25, 0.3) is 0 Å². The fraction of sp³-hybridized carbons (Fsp3) is 0.182. The number of hydrogen-bond donors (Lipinski definition) is 1. The summed E-state index contributed by atoms with van der Waals surface area (Å²) in [5.74, 6) is -1.26. The summed E-state index contributed by atoms with van der Waals surface area (Å²) in [5, 5.41) is 0. The minimum atomic E-state index is -0.602. The average molecular weight is 298 g/mol. The van der Waals surface area contributed by atoms with Crippen LogP contribution in [0.15, 0.2) is 16.6 Å². The predicted molar refractivity (Wildman–Crippen MR) is 62.3 cm³/mol. The standard InChI is InChI=1S/C11H8BrNO4/c1-2-17-11(16)10-8(12)7-5(14)3-4-6(15)9(7)13-10/h3-4,13H,2H2,1H3. The van der Waals surface area contributed by atoms with Crippen molar-refractivity contribution in [3.05, 3.63) is 33.6 Å². The van der Waals surface area contributed by atoms with E-state index in [1.54, 1.807) is 6.92 Å². The Morgan fingerprint density at radius 1 is 1.35 bits per heavy atom. The number of rotatable bonds is 2. The second kappa shape index (κ2) is 4.29. The highest BCUT2D eigenvalue weighted by molar-refractivity contribution is 9.10. The van der Waals surface area contributed by atoms with Crippen LogP contribution in [0.5, 0.6) is 0 Å². The van der Waals surface area contributed by atoms with Crippen molar-refractivity contribution in [2.75, 3.05) is 6.61 Å². The van der Waals surface area contributed by atoms with Gasteiger partial charge in [0.2, 0.25) is 5.78 Å². The molecule has 0 aliphatic heterocycles. The second-order valence-corrected chi connectivity index (χ2v) is 4.14. The second-order valence-electron chi connectivity index (χ2n) is 3.35. The minimum Gasteiger partial charge on any atom is -0.461 e. The van der Waals surface area contributed by atoms with E-state index in [1.165, 1.54) is 12.2 Å². The Hall–Kier alpha value is -1.69. The molecule has 0 amide bonds. The van der Waals surface area contributed by atoms with Gasteiger partial charge in [0.15, 0.2) is 5.78 Å². The van der Waals surface area contributed by atoms with Gasteiger partial charge in [0.05, 0.1) is 22.3 Å². The highest BCUT2D eigenvalue weighted by Gasteiger charge is 2.29. The van der Waals surface area contributed by atoms with E-state index in [0.717, 1.165) is 0 Å². The molecule has 0 aromatic carbocycles. The van der Waals surface area contributed by atoms with Crippen LogP contribution in [0.4, 0.5) is 0 Å². The lowest BCUT2D eigenvalue weighted by molar-refractivity contribution is 0.0519. The van der Waals surface area contributed by atoms with Gasteiger partial charge in [-0.15, -0.1) is 0 Å². The lowest BCUT2D eigenvalue weighted by Gasteiger charge is -2.02. The van der Waals surface area contributed by atoms with E-state index in [-0.39, 0.29) is 39.6 Å². The van der Waals surface area contributed by atoms with E-state index in [9.17, 15) is 14.4 Å². The average Bonchev–Trinajstić information content (AvgIpc) is 2.63. The normalized spacial score (nSPS) is 13.8. The minimum absolute atomic E-state index is 0.0854. The van der Waals surface area contributed by atoms with Gasteiger partial charge in [-0.3, -0.25) is 9.59 Å². The first-order valence-corrected chi connectivity index (χ1v) is 5.70. The molecule has 1 aliphatic carbocycles. The quantitative estimate of drug-likeness (QED) is 0.846. The molecule has 0 saturated heterocycles. The van der Waals surface area contributed by atoms with Gasteiger partial charge in [0.1, 0.15) is 5.69 Å². The number of nitrogens with one attached hydrogen (secondary N) is 1. The molecule has 1 aromatic heterocycles. The van der Waals surface area contributed by atoms with Crippen molar-refractivity contribution in [1.29, 1.82) is 0 Å². The molecule has 0 bridgehead atoms. The zero-order chi connectivity index (χ0) is 12.6. The zero-order valence-electron chi connectivity index (χ0n) is 8.87. The monoisotopic (exact) mass is 297 g/mol. The molecule has 88 valence electrons. The number of hydrogen-bond acceptors (Lipinski definition) is 4. The van der Waals surface area contributed by atoms with Gasteiger partial charge in [-0.2, -0.15) is 0 Å². The van der Waals surface area contributed by atoms with Crippen LogP contribution in [0.3, 0.4) is 0 Å². The van der Waals surface area contributed by atoms with Gasteiger partial charge in [-0.05, 0) is 35.0 Å². The van der Waals surface area contributed by atoms with E-state index in [1.807, 2.05) is 0 Å². The lowest BCUT2D eigenvalue weighted by Crippen LogP contribution is -2.10. The molecule has 6 heteroatoms. The maximum absolute atomic E-state index is 11.6. The molecule has 0 spiro atoms. The molecule has 17 heavy (non-hydrogen) atoms. The molecule has 2 rings (SSSR count). The molecular formula is C11H8BrNO4. The number of ether oxygens (including phenoxy) is 1. The SMILES string of the molecule is CCOC(=O)c1[nH]c2c(c1Br)C(=O)C=CC2=O. The number of fused-ring (bicyclic) bond motifs is 1. The summed E-state index contributed by atoms with van der Waals surface area (Å²) in [6.45, 7) is 1.89. The van der Waals surface area contributed by atoms with Crippen LogP contribution < -0.4 is 0 Å². The molecule has 1 N–H and O–H groups in total. The summed E-state index contributed by atoms with van der Waals surface area (Å²) in [4.78, 5) is 37.3. The fourth-order valence-corrected chi connectivity index (χ4v) is 2.21. The van der Waals surface area contributed by atoms with Gasteiger partial charge in [0.25, 0.3) is 0 Å². The Morgan fingerprint density at radius 2 is 2.00 bits per heavy atom. The molecule has 0 fully saturated rings. The van der Waals surface area contributed by atoms with Crippen molar-refractivity contribution in [1.82, 2.24) is 4.98 Å². The third kappa shape index (κ3) is 1.84. The van der Waals surface area contributed by atoms with Crippen molar-refractivity contribution < 1.29 is 19.1 Å². The first-order chi connectivity index (χ1) is 8.06. The molecule has 0 atom stereocenters. The van der Waals surface area contributed by atoms with Gasteiger partial charge in [-0.25, -0.2) is 4.79 Å². The van der Waals surface area contributed by atoms with Crippen molar-refractivity contribution >= 4 is 33.5 Å². The largest absolute Gasteiger partial charge is 0.461 e. The van der Waals surface area contributed by atoms with Gasteiger partial charge in [-0.1, -0.05) is 0 Å². The topological polar surface area (TPSA) is 76.2 Å². The van der Waals surface area contributed by atoms with Crippen molar-refractivity contribution in [3.8, 4) is 0 Å². The van der Waals surface area contributed by atoms with Crippen LogP contribution >= 0.6 is 15.9 Å². The third-order valence-corrected chi connectivity index (χ3v) is 3.09. The summed E-state index contributed by atoms with van der Waals surface area (Å²) in [6, 6.07) is 0. The van der Waals surface area contributed by atoms with Crippen molar-refractivity contribution in [2.24, 2.45) is 0 Å². The first-order valence-electron chi connectivity index (χ1n) is 4.91. The number of ketones is 2. The Balaban J connectivity index is 2.54. The summed E-state index contributed by atoms with van der Waals surface area (Å²) in [7, 11) is 0. The van der Waals surface area contributed by atoms with E-state index in [4.69, 9.17) is 4.74 Å². The number of aromatic nitrogens is 1. The van der Waals surface area contributed by atoms with E-state index in [2.05, 4.69) is 20.9 Å². The number of halogens is 1. The maximum Gasteiger partial charge on any atom is 0.355 e. The van der Waals surface area contributed by atoms with Crippen molar-refractivity contribution in [2.45, 2.75) is 6.92 Å². The van der Waals surface area contributed by atoms with Crippen LogP contribution in [0.2, 0.25) is 0 Å². The summed E-state index contributed by atoms with van der Waals surface area (Å²) >= 11 is 3.14. The summed E-state index contributed by atoms with van der Waals surface area (Å²) in [6.07, 6.45) is 2.35. The van der Waals surface area contributed by atoms with Gasteiger partial charge in [0, 0.05) is 0 Å². The summed E-state index contributed by atoms with van der Waals surface area (Å²) < 4.78 is 5.09. The Bertz CT molecular complexity index is 556. The number of carbonyl (C=O) groups is 3. The van der Waals surface area contributed by atoms with Gasteiger partial charge >= 0.3 is 5.97 Å². The number of aromatic amines is 1. The fourth-order valence-electron chi connectivity index (χ4n) is 1.56. The molecule has 5 nitrogen and oxygen atoms in total. The number of H-pyrrole nitrogens is 1.